The van der Waals surface area contributed by atoms with E-state index in [1.807, 2.05) is 84.2 Å². The van der Waals surface area contributed by atoms with E-state index in [2.05, 4.69) is 4.98 Å². The average Bonchev–Trinajstić information content (AvgIpc) is 3.10. The molecular formula is C24H19BrN4O. The molecule has 148 valence electrons. The van der Waals surface area contributed by atoms with Gasteiger partial charge in [0.1, 0.15) is 22.8 Å². The van der Waals surface area contributed by atoms with Crippen LogP contribution in [0.2, 0.25) is 0 Å². The summed E-state index contributed by atoms with van der Waals surface area (Å²) < 4.78 is 1.84. The van der Waals surface area contributed by atoms with Crippen LogP contribution >= 0.6 is 0 Å². The summed E-state index contributed by atoms with van der Waals surface area (Å²) in [5, 5.41) is 14.6. The van der Waals surface area contributed by atoms with Gasteiger partial charge in [0.05, 0.1) is 0 Å². The number of aryl methyl sites for hydroxylation is 1. The number of nitrogens with zero attached hydrogens (tertiary/aromatic N) is 3. The minimum atomic E-state index is 0. The maximum Gasteiger partial charge on any atom is 0.421 e. The normalized spacial score (nSPS) is 10.7. The van der Waals surface area contributed by atoms with E-state index in [0.29, 0.717) is 5.78 Å². The second-order valence-corrected chi connectivity index (χ2v) is 6.91. The van der Waals surface area contributed by atoms with Crippen molar-refractivity contribution < 1.29 is 26.6 Å². The van der Waals surface area contributed by atoms with Crippen LogP contribution in [0.15, 0.2) is 84.9 Å². The summed E-state index contributed by atoms with van der Waals surface area (Å²) in [4.78, 5) is 8.34. The second kappa shape index (κ2) is 8.08. The molecule has 0 saturated carbocycles. The van der Waals surface area contributed by atoms with Crippen LogP contribution in [0.3, 0.4) is 0 Å². The maximum atomic E-state index is 9.60. The smallest absolute Gasteiger partial charge is 0.421 e. The maximum absolute atomic E-state index is 9.60. The van der Waals surface area contributed by atoms with E-state index in [1.54, 1.807) is 12.1 Å². The number of benzene rings is 3. The molecule has 2 aromatic heterocycles. The summed E-state index contributed by atoms with van der Waals surface area (Å²) in [5.41, 5.74) is 6.53. The van der Waals surface area contributed by atoms with Crippen LogP contribution in [-0.4, -0.2) is 20.2 Å². The molecule has 0 saturated heterocycles. The van der Waals surface area contributed by atoms with Crippen LogP contribution in [0.5, 0.6) is 5.75 Å². The molecule has 0 aliphatic rings. The number of rotatable bonds is 3. The Labute approximate surface area is 184 Å². The van der Waals surface area contributed by atoms with Gasteiger partial charge in [0, 0.05) is 16.7 Å². The molecule has 5 aromatic rings. The summed E-state index contributed by atoms with van der Waals surface area (Å²) in [6, 6.07) is 27.3. The lowest BCUT2D eigenvalue weighted by Crippen LogP contribution is -3.00. The van der Waals surface area contributed by atoms with Crippen molar-refractivity contribution in [3.05, 3.63) is 90.6 Å². The van der Waals surface area contributed by atoms with Gasteiger partial charge in [0.25, 0.3) is 0 Å². The van der Waals surface area contributed by atoms with E-state index in [-0.39, 0.29) is 22.7 Å². The fourth-order valence-corrected chi connectivity index (χ4v) is 3.52. The van der Waals surface area contributed by atoms with E-state index in [4.69, 9.17) is 10.1 Å². The number of H-pyrrole nitrogens is 1. The molecule has 0 aliphatic carbocycles. The molecule has 5 rings (SSSR count). The minimum absolute atomic E-state index is 0. The van der Waals surface area contributed by atoms with Gasteiger partial charge >= 0.3 is 5.78 Å². The molecule has 6 heteroatoms. The third-order valence-corrected chi connectivity index (χ3v) is 5.01. The molecule has 2 N–H and O–H groups in total. The van der Waals surface area contributed by atoms with Crippen molar-refractivity contribution in [3.63, 3.8) is 0 Å². The number of phenols is 1. The number of aromatic amines is 1. The first-order valence-electron chi connectivity index (χ1n) is 9.43. The molecule has 0 spiro atoms. The Bertz CT molecular complexity index is 1300. The Morgan fingerprint density at radius 2 is 1.30 bits per heavy atom. The second-order valence-electron chi connectivity index (χ2n) is 6.91. The van der Waals surface area contributed by atoms with Gasteiger partial charge in [-0.05, 0) is 31.2 Å². The molecule has 0 bridgehead atoms. The first-order valence-corrected chi connectivity index (χ1v) is 9.43. The predicted octanol–water partition coefficient (Wildman–Crippen LogP) is 1.56. The van der Waals surface area contributed by atoms with E-state index in [0.717, 1.165) is 39.5 Å². The number of aromatic nitrogens is 4. The highest BCUT2D eigenvalue weighted by atomic mass is 79.9. The molecular weight excluding hydrogens is 440 g/mol. The number of nitrogens with one attached hydrogen (secondary N) is 1. The van der Waals surface area contributed by atoms with Crippen LogP contribution in [0.25, 0.3) is 39.5 Å². The van der Waals surface area contributed by atoms with Crippen LogP contribution in [0, 0.1) is 6.92 Å². The van der Waals surface area contributed by atoms with Gasteiger partial charge in [-0.2, -0.15) is 0 Å². The van der Waals surface area contributed by atoms with Crippen LogP contribution in [0.4, 0.5) is 0 Å². The summed E-state index contributed by atoms with van der Waals surface area (Å²) in [7, 11) is 0. The van der Waals surface area contributed by atoms with Crippen molar-refractivity contribution >= 4 is 5.78 Å². The highest BCUT2D eigenvalue weighted by molar-refractivity contribution is 5.78. The first kappa shape index (κ1) is 19.8. The third-order valence-electron chi connectivity index (χ3n) is 5.01. The number of hydrogen-bond acceptors (Lipinski definition) is 3. The molecule has 0 amide bonds. The Morgan fingerprint density at radius 3 is 1.90 bits per heavy atom. The van der Waals surface area contributed by atoms with Gasteiger partial charge in [0.15, 0.2) is 5.69 Å². The topological polar surface area (TPSA) is 65.9 Å². The SMILES string of the molecule is Cc1c(-c2ccc(O)cc2)[nH]c2nc(-c3ccccc3)c(-c3ccccc3)n[n+]12.[Br-]. The molecule has 0 aliphatic heterocycles. The Balaban J connectivity index is 0.00000218. The number of halogens is 1. The van der Waals surface area contributed by atoms with Crippen molar-refractivity contribution in [1.29, 1.82) is 0 Å². The van der Waals surface area contributed by atoms with Crippen LogP contribution in [-0.2, 0) is 0 Å². The van der Waals surface area contributed by atoms with Crippen LogP contribution < -0.4 is 21.5 Å². The third kappa shape index (κ3) is 3.46. The summed E-state index contributed by atoms with van der Waals surface area (Å²) in [6.45, 7) is 2.01. The van der Waals surface area contributed by atoms with Gasteiger partial charge < -0.3 is 22.1 Å². The van der Waals surface area contributed by atoms with Crippen molar-refractivity contribution in [2.75, 3.05) is 0 Å². The average molecular weight is 459 g/mol. The van der Waals surface area contributed by atoms with Gasteiger partial charge in [-0.1, -0.05) is 65.6 Å². The standard InChI is InChI=1S/C24H18N4O.BrH/c1-16-21(19-12-14-20(29)15-13-19)25-24-26-22(17-8-4-2-5-9-17)23(27-28(16)24)18-10-6-3-7-11-18;/h2-15,29H,1H3;1H. The monoisotopic (exact) mass is 458 g/mol. The van der Waals surface area contributed by atoms with Crippen molar-refractivity contribution in [2.24, 2.45) is 0 Å². The number of hydrogen-bond donors (Lipinski definition) is 2. The molecule has 3 aromatic carbocycles. The van der Waals surface area contributed by atoms with Crippen LogP contribution in [0.1, 0.15) is 5.69 Å². The predicted molar refractivity (Wildman–Crippen MR) is 112 cm³/mol. The zero-order chi connectivity index (χ0) is 19.8. The van der Waals surface area contributed by atoms with Gasteiger partial charge in [-0.15, -0.1) is 9.61 Å². The Kier molecular flexibility index (Phi) is 5.33. The van der Waals surface area contributed by atoms with Crippen molar-refractivity contribution in [3.8, 4) is 39.5 Å². The number of imidazole rings is 1. The van der Waals surface area contributed by atoms with Gasteiger partial charge in [-0.3, -0.25) is 0 Å². The van der Waals surface area contributed by atoms with Gasteiger partial charge in [0.2, 0.25) is 0 Å². The lowest BCUT2D eigenvalue weighted by Gasteiger charge is -2.04. The highest BCUT2D eigenvalue weighted by Gasteiger charge is 2.24. The van der Waals surface area contributed by atoms with Crippen molar-refractivity contribution in [1.82, 2.24) is 15.1 Å². The quantitative estimate of drug-likeness (QED) is 0.403. The Morgan fingerprint density at radius 1 is 0.733 bits per heavy atom. The Hall–Kier alpha value is -3.51. The number of fused-ring (bicyclic) bond motifs is 1. The molecule has 0 fully saturated rings. The first-order chi connectivity index (χ1) is 14.2. The molecule has 0 unspecified atom stereocenters. The van der Waals surface area contributed by atoms with Gasteiger partial charge in [-0.25, -0.2) is 4.98 Å². The van der Waals surface area contributed by atoms with E-state index in [1.165, 1.54) is 0 Å². The summed E-state index contributed by atoms with van der Waals surface area (Å²) in [6.07, 6.45) is 0. The number of phenolic OH excluding ortho intramolecular Hbond substituents is 1. The molecule has 2 heterocycles. The van der Waals surface area contributed by atoms with E-state index < -0.39 is 0 Å². The highest BCUT2D eigenvalue weighted by Crippen LogP contribution is 2.29. The molecule has 30 heavy (non-hydrogen) atoms. The largest absolute Gasteiger partial charge is 1.00 e. The molecule has 5 nitrogen and oxygen atoms in total. The number of aromatic hydroxyl groups is 1. The molecule has 0 radical (unpaired) electrons. The fourth-order valence-electron chi connectivity index (χ4n) is 3.52. The lowest BCUT2D eigenvalue weighted by atomic mass is 10.0. The minimum Gasteiger partial charge on any atom is -1.00 e. The van der Waals surface area contributed by atoms with Crippen molar-refractivity contribution in [2.45, 2.75) is 6.92 Å². The van der Waals surface area contributed by atoms with E-state index in [9.17, 15) is 5.11 Å². The fraction of sp³-hybridized carbons (Fsp3) is 0.0417. The lowest BCUT2D eigenvalue weighted by molar-refractivity contribution is -0.586. The summed E-state index contributed by atoms with van der Waals surface area (Å²) >= 11 is 0. The molecule has 0 atom stereocenters. The zero-order valence-corrected chi connectivity index (χ0v) is 17.8. The van der Waals surface area contributed by atoms with E-state index >= 15 is 0 Å². The zero-order valence-electron chi connectivity index (χ0n) is 16.2. The summed E-state index contributed by atoms with van der Waals surface area (Å²) in [5.74, 6) is 0.910.